The fraction of sp³-hybridized carbons (Fsp3) is 0.182. The molecule has 0 atom stereocenters. The SMILES string of the molecule is Cc1ccc(C(=O)Cn2nc([N+](=O)[O-])nc2Br)cc1. The van der Waals surface area contributed by atoms with Gasteiger partial charge < -0.3 is 10.1 Å². The van der Waals surface area contributed by atoms with Crippen molar-refractivity contribution in [2.24, 2.45) is 0 Å². The highest BCUT2D eigenvalue weighted by Gasteiger charge is 2.21. The average Bonchev–Trinajstić information content (AvgIpc) is 2.72. The van der Waals surface area contributed by atoms with Crippen molar-refractivity contribution in [1.29, 1.82) is 0 Å². The summed E-state index contributed by atoms with van der Waals surface area (Å²) in [5, 5.41) is 14.2. The molecule has 0 radical (unpaired) electrons. The number of carbonyl (C=O) groups excluding carboxylic acids is 1. The topological polar surface area (TPSA) is 90.9 Å². The van der Waals surface area contributed by atoms with Crippen LogP contribution in [0, 0.1) is 17.0 Å². The summed E-state index contributed by atoms with van der Waals surface area (Å²) in [5.41, 5.74) is 1.57. The maximum absolute atomic E-state index is 12.0. The smallest absolute Gasteiger partial charge is 0.390 e. The summed E-state index contributed by atoms with van der Waals surface area (Å²) >= 11 is 3.03. The van der Waals surface area contributed by atoms with E-state index in [1.54, 1.807) is 12.1 Å². The van der Waals surface area contributed by atoms with E-state index in [0.29, 0.717) is 5.56 Å². The Morgan fingerprint density at radius 2 is 2.05 bits per heavy atom. The molecule has 1 heterocycles. The van der Waals surface area contributed by atoms with E-state index in [1.165, 1.54) is 0 Å². The van der Waals surface area contributed by atoms with Crippen LogP contribution in [-0.4, -0.2) is 25.5 Å². The molecule has 1 aromatic carbocycles. The summed E-state index contributed by atoms with van der Waals surface area (Å²) in [6.45, 7) is 1.82. The Hall–Kier alpha value is -2.09. The minimum Gasteiger partial charge on any atom is -0.390 e. The molecule has 0 unspecified atom stereocenters. The highest BCUT2D eigenvalue weighted by Crippen LogP contribution is 2.13. The Bertz CT molecular complexity index is 636. The highest BCUT2D eigenvalue weighted by molar-refractivity contribution is 9.10. The first kappa shape index (κ1) is 13.3. The summed E-state index contributed by atoms with van der Waals surface area (Å²) in [4.78, 5) is 25.4. The van der Waals surface area contributed by atoms with E-state index in [1.807, 2.05) is 19.1 Å². The van der Waals surface area contributed by atoms with Gasteiger partial charge in [0.15, 0.2) is 5.78 Å². The van der Waals surface area contributed by atoms with Crippen LogP contribution in [0.4, 0.5) is 5.95 Å². The van der Waals surface area contributed by atoms with Crippen LogP contribution < -0.4 is 0 Å². The monoisotopic (exact) mass is 324 g/mol. The van der Waals surface area contributed by atoms with Crippen molar-refractivity contribution in [1.82, 2.24) is 14.8 Å². The number of aryl methyl sites for hydroxylation is 1. The minimum absolute atomic E-state index is 0.107. The lowest BCUT2D eigenvalue weighted by atomic mass is 10.1. The van der Waals surface area contributed by atoms with E-state index in [0.717, 1.165) is 10.2 Å². The molecule has 7 nitrogen and oxygen atoms in total. The van der Waals surface area contributed by atoms with Crippen molar-refractivity contribution in [3.63, 3.8) is 0 Å². The van der Waals surface area contributed by atoms with Gasteiger partial charge in [-0.3, -0.25) is 4.79 Å². The summed E-state index contributed by atoms with van der Waals surface area (Å²) < 4.78 is 1.31. The van der Waals surface area contributed by atoms with Crippen molar-refractivity contribution in [3.8, 4) is 0 Å². The van der Waals surface area contributed by atoms with Gasteiger partial charge in [-0.1, -0.05) is 29.8 Å². The molecule has 8 heteroatoms. The van der Waals surface area contributed by atoms with Crippen LogP contribution in [0.1, 0.15) is 15.9 Å². The van der Waals surface area contributed by atoms with Crippen LogP contribution in [0.2, 0.25) is 0 Å². The molecule has 0 aliphatic heterocycles. The number of aromatic nitrogens is 3. The fourth-order valence-electron chi connectivity index (χ4n) is 1.46. The third-order valence-electron chi connectivity index (χ3n) is 2.45. The molecule has 0 saturated carbocycles. The highest BCUT2D eigenvalue weighted by atomic mass is 79.9. The summed E-state index contributed by atoms with van der Waals surface area (Å²) in [7, 11) is 0. The zero-order valence-electron chi connectivity index (χ0n) is 9.91. The Balaban J connectivity index is 2.19. The van der Waals surface area contributed by atoms with E-state index in [2.05, 4.69) is 26.0 Å². The third-order valence-corrected chi connectivity index (χ3v) is 3.03. The van der Waals surface area contributed by atoms with Gasteiger partial charge in [-0.2, -0.15) is 4.68 Å². The second-order valence-electron chi connectivity index (χ2n) is 3.88. The van der Waals surface area contributed by atoms with Crippen molar-refractivity contribution in [2.45, 2.75) is 13.5 Å². The number of rotatable bonds is 4. The van der Waals surface area contributed by atoms with Gasteiger partial charge in [0, 0.05) is 26.6 Å². The van der Waals surface area contributed by atoms with E-state index in [-0.39, 0.29) is 17.1 Å². The fourth-order valence-corrected chi connectivity index (χ4v) is 1.82. The first-order chi connectivity index (χ1) is 8.97. The first-order valence-corrected chi connectivity index (χ1v) is 6.11. The molecule has 0 amide bonds. The van der Waals surface area contributed by atoms with Crippen LogP contribution in [0.5, 0.6) is 0 Å². The van der Waals surface area contributed by atoms with Crippen molar-refractivity contribution < 1.29 is 9.72 Å². The molecule has 0 fully saturated rings. The van der Waals surface area contributed by atoms with Gasteiger partial charge in [0.1, 0.15) is 6.54 Å². The van der Waals surface area contributed by atoms with Gasteiger partial charge in [0.2, 0.25) is 0 Å². The van der Waals surface area contributed by atoms with Crippen LogP contribution >= 0.6 is 15.9 Å². The van der Waals surface area contributed by atoms with Crippen LogP contribution in [-0.2, 0) is 6.54 Å². The maximum atomic E-state index is 12.0. The van der Waals surface area contributed by atoms with Gasteiger partial charge in [0.05, 0.1) is 0 Å². The number of halogens is 1. The molecule has 2 aromatic rings. The molecule has 0 aliphatic rings. The zero-order chi connectivity index (χ0) is 14.0. The number of benzene rings is 1. The van der Waals surface area contributed by atoms with Crippen LogP contribution in [0.3, 0.4) is 0 Å². The lowest BCUT2D eigenvalue weighted by Gasteiger charge is -2.00. The van der Waals surface area contributed by atoms with E-state index >= 15 is 0 Å². The van der Waals surface area contributed by atoms with E-state index in [4.69, 9.17) is 0 Å². The summed E-state index contributed by atoms with van der Waals surface area (Å²) in [5.74, 6) is -0.732. The van der Waals surface area contributed by atoms with Gasteiger partial charge >= 0.3 is 5.95 Å². The number of nitro groups is 1. The molecular formula is C11H9BrN4O3. The normalized spacial score (nSPS) is 10.4. The van der Waals surface area contributed by atoms with Crippen LogP contribution in [0.15, 0.2) is 29.0 Å². The molecule has 0 aliphatic carbocycles. The van der Waals surface area contributed by atoms with E-state index < -0.39 is 10.9 Å². The number of hydrogen-bond acceptors (Lipinski definition) is 5. The number of ketones is 1. The number of Topliss-reactive ketones (excluding diaryl/α,β-unsaturated/α-hetero) is 1. The molecule has 98 valence electrons. The predicted molar refractivity (Wildman–Crippen MR) is 69.9 cm³/mol. The summed E-state index contributed by atoms with van der Waals surface area (Å²) in [6.07, 6.45) is 0. The second kappa shape index (κ2) is 5.27. The second-order valence-corrected chi connectivity index (χ2v) is 4.59. The van der Waals surface area contributed by atoms with Gasteiger partial charge in [-0.25, -0.2) is 0 Å². The largest absolute Gasteiger partial charge is 0.492 e. The Morgan fingerprint density at radius 3 is 2.58 bits per heavy atom. The molecular weight excluding hydrogens is 316 g/mol. The number of nitrogens with zero attached hydrogens (tertiary/aromatic N) is 4. The lowest BCUT2D eigenvalue weighted by molar-refractivity contribution is -0.394. The first-order valence-electron chi connectivity index (χ1n) is 5.32. The van der Waals surface area contributed by atoms with Crippen molar-refractivity contribution in [3.05, 3.63) is 50.2 Å². The minimum atomic E-state index is -0.711. The molecule has 0 saturated heterocycles. The standard InChI is InChI=1S/C11H9BrN4O3/c1-7-2-4-8(5-3-7)9(17)6-15-10(12)13-11(14-15)16(18)19/h2-5H,6H2,1H3. The molecule has 0 bridgehead atoms. The quantitative estimate of drug-likeness (QED) is 0.488. The molecule has 0 N–H and O–H groups in total. The maximum Gasteiger partial charge on any atom is 0.492 e. The predicted octanol–water partition coefficient (Wildman–Crippen LogP) is 2.14. The zero-order valence-corrected chi connectivity index (χ0v) is 11.5. The molecule has 1 aromatic heterocycles. The van der Waals surface area contributed by atoms with Gasteiger partial charge in [0.25, 0.3) is 4.73 Å². The van der Waals surface area contributed by atoms with Crippen molar-refractivity contribution in [2.75, 3.05) is 0 Å². The Labute approximate surface area is 116 Å². The van der Waals surface area contributed by atoms with Gasteiger partial charge in [-0.05, 0) is 16.8 Å². The van der Waals surface area contributed by atoms with Crippen LogP contribution in [0.25, 0.3) is 0 Å². The summed E-state index contributed by atoms with van der Waals surface area (Å²) in [6, 6.07) is 7.06. The Kier molecular flexibility index (Phi) is 3.70. The molecule has 2 rings (SSSR count). The van der Waals surface area contributed by atoms with Crippen molar-refractivity contribution >= 4 is 27.7 Å². The average molecular weight is 325 g/mol. The molecule has 0 spiro atoms. The number of hydrogen-bond donors (Lipinski definition) is 0. The Morgan fingerprint density at radius 1 is 1.42 bits per heavy atom. The third kappa shape index (κ3) is 3.02. The molecule has 19 heavy (non-hydrogen) atoms. The van der Waals surface area contributed by atoms with Gasteiger partial charge in [-0.15, -0.1) is 0 Å². The van der Waals surface area contributed by atoms with E-state index in [9.17, 15) is 14.9 Å². The lowest BCUT2D eigenvalue weighted by Crippen LogP contribution is -2.12. The number of carbonyl (C=O) groups is 1.